The lowest BCUT2D eigenvalue weighted by Crippen LogP contribution is -2.24. The molecule has 3 heterocycles. The van der Waals surface area contributed by atoms with E-state index < -0.39 is 6.04 Å². The van der Waals surface area contributed by atoms with Crippen LogP contribution >= 0.6 is 22.9 Å². The fourth-order valence-corrected chi connectivity index (χ4v) is 4.82. The van der Waals surface area contributed by atoms with Crippen LogP contribution in [0.5, 0.6) is 0 Å². The van der Waals surface area contributed by atoms with Crippen LogP contribution in [0.25, 0.3) is 5.00 Å². The Morgan fingerprint density at radius 1 is 1.17 bits per heavy atom. The summed E-state index contributed by atoms with van der Waals surface area (Å²) < 4.78 is 2.06. The molecule has 150 valence electrons. The molecule has 0 aliphatic carbocycles. The number of aromatic nitrogens is 3. The van der Waals surface area contributed by atoms with Crippen LogP contribution in [0.3, 0.4) is 0 Å². The van der Waals surface area contributed by atoms with Crippen LogP contribution in [0.4, 0.5) is 0 Å². The van der Waals surface area contributed by atoms with Crippen LogP contribution in [-0.4, -0.2) is 45.4 Å². The van der Waals surface area contributed by atoms with Crippen molar-refractivity contribution in [2.75, 3.05) is 14.1 Å². The van der Waals surface area contributed by atoms with Crippen molar-refractivity contribution in [3.8, 4) is 5.00 Å². The zero-order valence-corrected chi connectivity index (χ0v) is 18.6. The van der Waals surface area contributed by atoms with E-state index in [4.69, 9.17) is 16.6 Å². The summed E-state index contributed by atoms with van der Waals surface area (Å²) in [7, 11) is 3.51. The van der Waals surface area contributed by atoms with Crippen molar-refractivity contribution in [3.05, 3.63) is 62.5 Å². The summed E-state index contributed by atoms with van der Waals surface area (Å²) in [5, 5.41) is 10.4. The topological polar surface area (TPSA) is 63.4 Å². The Morgan fingerprint density at radius 2 is 1.86 bits per heavy atom. The Bertz CT molecular complexity index is 1130. The van der Waals surface area contributed by atoms with Gasteiger partial charge in [-0.1, -0.05) is 23.7 Å². The third-order valence-corrected chi connectivity index (χ3v) is 6.67. The number of aliphatic imine (C=N–C) groups is 1. The van der Waals surface area contributed by atoms with Gasteiger partial charge in [0.1, 0.15) is 16.9 Å². The Kier molecular flexibility index (Phi) is 5.04. The zero-order chi connectivity index (χ0) is 20.9. The molecule has 0 N–H and O–H groups in total. The predicted octanol–water partition coefficient (Wildman–Crippen LogP) is 4.28. The van der Waals surface area contributed by atoms with E-state index in [2.05, 4.69) is 28.6 Å². The summed E-state index contributed by atoms with van der Waals surface area (Å²) in [5.41, 5.74) is 4.08. The number of hydrogen-bond acceptors (Lipinski definition) is 5. The molecule has 29 heavy (non-hydrogen) atoms. The molecule has 0 saturated heterocycles. The molecule has 1 aromatic carbocycles. The largest absolute Gasteiger partial charge is 0.349 e. The smallest absolute Gasteiger partial charge is 0.224 e. The summed E-state index contributed by atoms with van der Waals surface area (Å²) in [6.07, 6.45) is 0.231. The molecule has 2 aromatic heterocycles. The van der Waals surface area contributed by atoms with Gasteiger partial charge in [0.2, 0.25) is 5.91 Å². The third kappa shape index (κ3) is 3.38. The average Bonchev–Trinajstić information content (AvgIpc) is 3.15. The van der Waals surface area contributed by atoms with Gasteiger partial charge >= 0.3 is 0 Å². The van der Waals surface area contributed by atoms with Crippen LogP contribution in [0.15, 0.2) is 29.3 Å². The van der Waals surface area contributed by atoms with Crippen molar-refractivity contribution >= 4 is 34.6 Å². The number of fused-ring (bicyclic) bond motifs is 3. The lowest BCUT2D eigenvalue weighted by atomic mass is 9.99. The van der Waals surface area contributed by atoms with Gasteiger partial charge in [0.15, 0.2) is 5.82 Å². The van der Waals surface area contributed by atoms with Crippen molar-refractivity contribution in [3.63, 3.8) is 0 Å². The Hall–Kier alpha value is -2.51. The molecular formula is C21H22ClN5OS. The summed E-state index contributed by atoms with van der Waals surface area (Å²) in [5.74, 6) is 1.49. The molecule has 6 nitrogen and oxygen atoms in total. The minimum Gasteiger partial charge on any atom is -0.349 e. The standard InChI is InChI=1S/C21H22ClN5OS/c1-11-12(2)29-21-18(11)19(14-6-8-15(22)9-7-14)23-16(10-17(28)26(4)5)20-25-24-13(3)27(20)21/h6-9,16H,10H2,1-5H3/t16-/m0/s1. The fraction of sp³-hybridized carbons (Fsp3) is 0.333. The monoisotopic (exact) mass is 427 g/mol. The molecule has 0 spiro atoms. The highest BCUT2D eigenvalue weighted by Gasteiger charge is 2.32. The van der Waals surface area contributed by atoms with Crippen LogP contribution in [-0.2, 0) is 4.79 Å². The molecule has 0 fully saturated rings. The number of amides is 1. The first-order valence-corrected chi connectivity index (χ1v) is 10.5. The maximum Gasteiger partial charge on any atom is 0.224 e. The number of aryl methyl sites for hydroxylation is 2. The quantitative estimate of drug-likeness (QED) is 0.626. The molecule has 4 rings (SSSR count). The van der Waals surface area contributed by atoms with E-state index in [1.807, 2.05) is 31.2 Å². The van der Waals surface area contributed by atoms with Crippen LogP contribution in [0, 0.1) is 20.8 Å². The van der Waals surface area contributed by atoms with E-state index in [9.17, 15) is 4.79 Å². The van der Waals surface area contributed by atoms with Gasteiger partial charge in [-0.2, -0.15) is 0 Å². The lowest BCUT2D eigenvalue weighted by molar-refractivity contribution is -0.129. The molecule has 1 aliphatic rings. The van der Waals surface area contributed by atoms with Crippen molar-refractivity contribution in [1.82, 2.24) is 19.7 Å². The summed E-state index contributed by atoms with van der Waals surface area (Å²) in [6, 6.07) is 7.26. The van der Waals surface area contributed by atoms with Gasteiger partial charge in [-0.15, -0.1) is 21.5 Å². The Morgan fingerprint density at radius 3 is 2.52 bits per heavy atom. The first-order valence-electron chi connectivity index (χ1n) is 9.34. The van der Waals surface area contributed by atoms with Crippen molar-refractivity contribution in [2.45, 2.75) is 33.2 Å². The van der Waals surface area contributed by atoms with Gasteiger partial charge < -0.3 is 4.90 Å². The summed E-state index contributed by atoms with van der Waals surface area (Å²) in [4.78, 5) is 20.4. The van der Waals surface area contributed by atoms with Crippen LogP contribution in [0.1, 0.15) is 45.7 Å². The van der Waals surface area contributed by atoms with Crippen molar-refractivity contribution in [1.29, 1.82) is 0 Å². The number of hydrogen-bond donors (Lipinski definition) is 0. The van der Waals surface area contributed by atoms with Gasteiger partial charge in [-0.3, -0.25) is 14.4 Å². The lowest BCUT2D eigenvalue weighted by Gasteiger charge is -2.15. The van der Waals surface area contributed by atoms with Gasteiger partial charge in [-0.05, 0) is 38.5 Å². The highest BCUT2D eigenvalue weighted by atomic mass is 35.5. The van der Waals surface area contributed by atoms with E-state index in [-0.39, 0.29) is 12.3 Å². The average molecular weight is 428 g/mol. The second-order valence-electron chi connectivity index (χ2n) is 7.40. The molecule has 3 aromatic rings. The fourth-order valence-electron chi connectivity index (χ4n) is 3.48. The van der Waals surface area contributed by atoms with Crippen LogP contribution < -0.4 is 0 Å². The maximum atomic E-state index is 12.5. The number of carbonyl (C=O) groups is 1. The molecule has 1 amide bonds. The molecule has 0 saturated carbocycles. The number of halogens is 1. The first kappa shape index (κ1) is 19.8. The Balaban J connectivity index is 1.99. The first-order chi connectivity index (χ1) is 13.8. The third-order valence-electron chi connectivity index (χ3n) is 5.22. The Labute approximate surface area is 178 Å². The van der Waals surface area contributed by atoms with E-state index in [0.29, 0.717) is 10.8 Å². The predicted molar refractivity (Wildman–Crippen MR) is 117 cm³/mol. The van der Waals surface area contributed by atoms with Crippen molar-refractivity contribution in [2.24, 2.45) is 4.99 Å². The normalized spacial score (nSPS) is 15.4. The van der Waals surface area contributed by atoms with Gasteiger partial charge in [0.25, 0.3) is 0 Å². The minimum atomic E-state index is -0.420. The molecule has 8 heteroatoms. The highest BCUT2D eigenvalue weighted by molar-refractivity contribution is 7.15. The zero-order valence-electron chi connectivity index (χ0n) is 17.0. The summed E-state index contributed by atoms with van der Waals surface area (Å²) in [6.45, 7) is 6.16. The van der Waals surface area contributed by atoms with E-state index in [1.165, 1.54) is 10.4 Å². The summed E-state index contributed by atoms with van der Waals surface area (Å²) >= 11 is 7.82. The number of thiophene rings is 1. The van der Waals surface area contributed by atoms with E-state index >= 15 is 0 Å². The maximum absolute atomic E-state index is 12.5. The van der Waals surface area contributed by atoms with Gasteiger partial charge in [0, 0.05) is 35.1 Å². The molecule has 0 bridgehead atoms. The molecule has 1 aliphatic heterocycles. The second-order valence-corrected chi connectivity index (χ2v) is 9.04. The number of benzene rings is 1. The van der Waals surface area contributed by atoms with Gasteiger partial charge in [0.05, 0.1) is 12.1 Å². The number of rotatable bonds is 3. The second kappa shape index (κ2) is 7.39. The van der Waals surface area contributed by atoms with Gasteiger partial charge in [-0.25, -0.2) is 0 Å². The molecule has 1 atom stereocenters. The molecule has 0 radical (unpaired) electrons. The minimum absolute atomic E-state index is 0.000402. The van der Waals surface area contributed by atoms with Crippen LogP contribution in [0.2, 0.25) is 5.02 Å². The number of nitrogens with zero attached hydrogens (tertiary/aromatic N) is 5. The highest BCUT2D eigenvalue weighted by Crippen LogP contribution is 2.39. The van der Waals surface area contributed by atoms with E-state index in [0.717, 1.165) is 27.7 Å². The van der Waals surface area contributed by atoms with E-state index in [1.54, 1.807) is 30.3 Å². The molecule has 0 unspecified atom stereocenters. The number of carbonyl (C=O) groups excluding carboxylic acids is 1. The van der Waals surface area contributed by atoms with Crippen molar-refractivity contribution < 1.29 is 4.79 Å². The SMILES string of the molecule is Cc1sc2c(c1C)C(c1ccc(Cl)cc1)=N[C@@H](CC(=O)N(C)C)c1nnc(C)n1-2. The molecular weight excluding hydrogens is 406 g/mol.